The van der Waals surface area contributed by atoms with Crippen molar-refractivity contribution in [3.05, 3.63) is 72.6 Å². The Morgan fingerprint density at radius 3 is 2.64 bits per heavy atom. The summed E-state index contributed by atoms with van der Waals surface area (Å²) in [5, 5.41) is 11.2. The number of rotatable bonds is 6. The Morgan fingerprint density at radius 2 is 1.92 bits per heavy atom. The molecule has 0 fully saturated rings. The van der Waals surface area contributed by atoms with Crippen LogP contribution in [0.25, 0.3) is 5.69 Å². The average molecular weight is 352 g/mol. The van der Waals surface area contributed by atoms with E-state index in [4.69, 9.17) is 17.0 Å². The van der Waals surface area contributed by atoms with Gasteiger partial charge in [0.25, 0.3) is 0 Å². The van der Waals surface area contributed by atoms with E-state index in [1.165, 1.54) is 0 Å². The molecule has 0 amide bonds. The van der Waals surface area contributed by atoms with Crippen molar-refractivity contribution in [2.75, 3.05) is 11.9 Å². The van der Waals surface area contributed by atoms with Gasteiger partial charge in [-0.3, -0.25) is 0 Å². The van der Waals surface area contributed by atoms with Gasteiger partial charge in [0.05, 0.1) is 18.0 Å². The Kier molecular flexibility index (Phi) is 5.64. The summed E-state index contributed by atoms with van der Waals surface area (Å²) < 4.78 is 7.42. The lowest BCUT2D eigenvalue weighted by atomic mass is 10.2. The highest BCUT2D eigenvalue weighted by Crippen LogP contribution is 2.23. The first kappa shape index (κ1) is 17.0. The molecule has 2 N–H and O–H groups in total. The summed E-state index contributed by atoms with van der Waals surface area (Å²) >= 11 is 5.38. The smallest absolute Gasteiger partial charge is 0.171 e. The molecule has 0 spiro atoms. The number of hydrogen-bond donors (Lipinski definition) is 2. The van der Waals surface area contributed by atoms with Crippen molar-refractivity contribution < 1.29 is 4.74 Å². The number of benzene rings is 2. The molecule has 0 saturated heterocycles. The lowest BCUT2D eigenvalue weighted by Gasteiger charge is -2.14. The first-order chi connectivity index (χ1) is 12.3. The quantitative estimate of drug-likeness (QED) is 0.662. The number of thiocarbonyl (C=S) groups is 1. The molecule has 5 nitrogen and oxygen atoms in total. The molecule has 0 aliphatic heterocycles. The molecule has 0 unspecified atom stereocenters. The minimum atomic E-state index is 0.559. The summed E-state index contributed by atoms with van der Waals surface area (Å²) in [5.74, 6) is 0.790. The highest BCUT2D eigenvalue weighted by molar-refractivity contribution is 7.80. The third-order valence-corrected chi connectivity index (χ3v) is 3.84. The molecular formula is C19H20N4OS. The second-order valence-electron chi connectivity index (χ2n) is 5.35. The first-order valence-corrected chi connectivity index (χ1v) is 8.52. The molecule has 25 heavy (non-hydrogen) atoms. The summed E-state index contributed by atoms with van der Waals surface area (Å²) in [6.07, 6.45) is 3.68. The Morgan fingerprint density at radius 1 is 1.12 bits per heavy atom. The maximum Gasteiger partial charge on any atom is 0.171 e. The van der Waals surface area contributed by atoms with Crippen molar-refractivity contribution in [2.45, 2.75) is 13.5 Å². The summed E-state index contributed by atoms with van der Waals surface area (Å²) in [7, 11) is 0. The van der Waals surface area contributed by atoms with E-state index in [1.807, 2.05) is 60.3 Å². The molecule has 0 saturated carbocycles. The van der Waals surface area contributed by atoms with Crippen LogP contribution < -0.4 is 15.4 Å². The molecule has 0 aliphatic carbocycles. The fraction of sp³-hybridized carbons (Fsp3) is 0.158. The standard InChI is InChI=1S/C19H20N4OS/c1-2-24-18-7-4-3-6-17(18)22-19(25)20-14-15-8-10-16(11-9-15)23-13-5-12-21-23/h3-13H,2,14H2,1H3,(H2,20,22,25). The van der Waals surface area contributed by atoms with Gasteiger partial charge in [-0.2, -0.15) is 5.10 Å². The largest absolute Gasteiger partial charge is 0.492 e. The van der Waals surface area contributed by atoms with Gasteiger partial charge in [-0.05, 0) is 55.0 Å². The van der Waals surface area contributed by atoms with Crippen LogP contribution in [0.5, 0.6) is 5.75 Å². The Hall–Kier alpha value is -2.86. The Labute approximate surface area is 152 Å². The van der Waals surface area contributed by atoms with Gasteiger partial charge in [0.2, 0.25) is 0 Å². The molecule has 0 atom stereocenters. The number of aromatic nitrogens is 2. The number of nitrogens with zero attached hydrogens (tertiary/aromatic N) is 2. The number of nitrogens with one attached hydrogen (secondary N) is 2. The van der Waals surface area contributed by atoms with Crippen molar-refractivity contribution in [1.29, 1.82) is 0 Å². The van der Waals surface area contributed by atoms with Crippen LogP contribution >= 0.6 is 12.2 Å². The maximum atomic E-state index is 5.59. The van der Waals surface area contributed by atoms with Crippen LogP contribution in [0.3, 0.4) is 0 Å². The van der Waals surface area contributed by atoms with E-state index in [-0.39, 0.29) is 0 Å². The summed E-state index contributed by atoms with van der Waals surface area (Å²) in [5.41, 5.74) is 3.02. The first-order valence-electron chi connectivity index (χ1n) is 8.12. The van der Waals surface area contributed by atoms with Gasteiger partial charge in [-0.25, -0.2) is 4.68 Å². The van der Waals surface area contributed by atoms with Crippen LogP contribution in [0, 0.1) is 0 Å². The predicted octanol–water partition coefficient (Wildman–Crippen LogP) is 3.76. The van der Waals surface area contributed by atoms with Crippen LogP contribution in [-0.2, 0) is 6.54 Å². The molecule has 3 rings (SSSR count). The van der Waals surface area contributed by atoms with Crippen molar-refractivity contribution in [1.82, 2.24) is 15.1 Å². The molecule has 2 aromatic carbocycles. The van der Waals surface area contributed by atoms with Gasteiger partial charge >= 0.3 is 0 Å². The van der Waals surface area contributed by atoms with Crippen molar-refractivity contribution >= 4 is 23.0 Å². The highest BCUT2D eigenvalue weighted by atomic mass is 32.1. The van der Waals surface area contributed by atoms with E-state index < -0.39 is 0 Å². The van der Waals surface area contributed by atoms with Gasteiger partial charge in [0, 0.05) is 18.9 Å². The number of ether oxygens (including phenoxy) is 1. The second kappa shape index (κ2) is 8.30. The topological polar surface area (TPSA) is 51.1 Å². The molecule has 6 heteroatoms. The van der Waals surface area contributed by atoms with Crippen LogP contribution in [-0.4, -0.2) is 21.5 Å². The van der Waals surface area contributed by atoms with E-state index in [0.717, 1.165) is 22.7 Å². The minimum absolute atomic E-state index is 0.559. The lowest BCUT2D eigenvalue weighted by molar-refractivity contribution is 0.342. The second-order valence-corrected chi connectivity index (χ2v) is 5.76. The van der Waals surface area contributed by atoms with E-state index in [9.17, 15) is 0 Å². The van der Waals surface area contributed by atoms with Crippen LogP contribution in [0.2, 0.25) is 0 Å². The summed E-state index contributed by atoms with van der Waals surface area (Å²) in [4.78, 5) is 0. The zero-order chi connectivity index (χ0) is 17.5. The lowest BCUT2D eigenvalue weighted by Crippen LogP contribution is -2.28. The molecule has 1 heterocycles. The molecular weight excluding hydrogens is 332 g/mol. The van der Waals surface area contributed by atoms with E-state index in [2.05, 4.69) is 27.9 Å². The Balaban J connectivity index is 1.56. The number of anilines is 1. The fourth-order valence-corrected chi connectivity index (χ4v) is 2.57. The monoisotopic (exact) mass is 352 g/mol. The molecule has 0 aliphatic rings. The van der Waals surface area contributed by atoms with Gasteiger partial charge in [0.1, 0.15) is 5.75 Å². The van der Waals surface area contributed by atoms with Gasteiger partial charge in [-0.1, -0.05) is 24.3 Å². The van der Waals surface area contributed by atoms with Crippen molar-refractivity contribution in [3.63, 3.8) is 0 Å². The molecule has 128 valence electrons. The summed E-state index contributed by atoms with van der Waals surface area (Å²) in [6, 6.07) is 17.8. The molecule has 0 bridgehead atoms. The SMILES string of the molecule is CCOc1ccccc1NC(=S)NCc1ccc(-n2cccn2)cc1. The highest BCUT2D eigenvalue weighted by Gasteiger charge is 2.04. The number of hydrogen-bond acceptors (Lipinski definition) is 3. The minimum Gasteiger partial charge on any atom is -0.492 e. The van der Waals surface area contributed by atoms with E-state index in [1.54, 1.807) is 6.20 Å². The van der Waals surface area contributed by atoms with Gasteiger partial charge in [-0.15, -0.1) is 0 Å². The van der Waals surface area contributed by atoms with Gasteiger partial charge in [0.15, 0.2) is 5.11 Å². The third kappa shape index (κ3) is 4.58. The van der Waals surface area contributed by atoms with Crippen LogP contribution in [0.4, 0.5) is 5.69 Å². The molecule has 0 radical (unpaired) electrons. The Bertz CT molecular complexity index is 816. The normalized spacial score (nSPS) is 10.3. The van der Waals surface area contributed by atoms with Crippen molar-refractivity contribution in [3.8, 4) is 11.4 Å². The van der Waals surface area contributed by atoms with Crippen LogP contribution in [0.1, 0.15) is 12.5 Å². The van der Waals surface area contributed by atoms with E-state index >= 15 is 0 Å². The van der Waals surface area contributed by atoms with Gasteiger partial charge < -0.3 is 15.4 Å². The van der Waals surface area contributed by atoms with Crippen LogP contribution in [0.15, 0.2) is 67.0 Å². The average Bonchev–Trinajstić information content (AvgIpc) is 3.17. The zero-order valence-corrected chi connectivity index (χ0v) is 14.8. The molecule has 1 aromatic heterocycles. The fourth-order valence-electron chi connectivity index (χ4n) is 2.39. The zero-order valence-electron chi connectivity index (χ0n) is 14.0. The summed E-state index contributed by atoms with van der Waals surface area (Å²) in [6.45, 7) is 3.21. The predicted molar refractivity (Wildman–Crippen MR) is 104 cm³/mol. The molecule has 3 aromatic rings. The maximum absolute atomic E-state index is 5.59. The van der Waals surface area contributed by atoms with Crippen molar-refractivity contribution in [2.24, 2.45) is 0 Å². The van der Waals surface area contributed by atoms with E-state index in [0.29, 0.717) is 18.3 Å². The number of para-hydroxylation sites is 2. The third-order valence-electron chi connectivity index (χ3n) is 3.59.